The van der Waals surface area contributed by atoms with Crippen LogP contribution in [0.25, 0.3) is 0 Å². The average molecular weight is 269 g/mol. The summed E-state index contributed by atoms with van der Waals surface area (Å²) in [5, 5.41) is 14.4. The van der Waals surface area contributed by atoms with Crippen LogP contribution in [0, 0.1) is 0 Å². The van der Waals surface area contributed by atoms with E-state index in [1.54, 1.807) is 11.3 Å². The smallest absolute Gasteiger partial charge is 0.123 e. The zero-order valence-electron chi connectivity index (χ0n) is 11.5. The maximum Gasteiger partial charge on any atom is 0.123 e. The summed E-state index contributed by atoms with van der Waals surface area (Å²) in [5.74, 6) is 0.463. The minimum atomic E-state index is 0.299. The first-order chi connectivity index (χ1) is 8.66. The number of nitrogens with one attached hydrogen (secondary N) is 1. The lowest BCUT2D eigenvalue weighted by Gasteiger charge is -2.09. The Labute approximate surface area is 113 Å². The van der Waals surface area contributed by atoms with E-state index in [2.05, 4.69) is 36.3 Å². The van der Waals surface area contributed by atoms with Gasteiger partial charge in [0.05, 0.1) is 6.10 Å². The van der Waals surface area contributed by atoms with Crippen molar-refractivity contribution in [3.05, 3.63) is 10.0 Å². The summed E-state index contributed by atoms with van der Waals surface area (Å²) in [4.78, 5) is 0. The predicted molar refractivity (Wildman–Crippen MR) is 74.1 cm³/mol. The average Bonchev–Trinajstić information content (AvgIpc) is 2.92. The van der Waals surface area contributed by atoms with Crippen LogP contribution in [0.4, 0.5) is 0 Å². The van der Waals surface area contributed by atoms with Gasteiger partial charge in [-0.1, -0.05) is 13.8 Å². The van der Waals surface area contributed by atoms with Crippen LogP contribution < -0.4 is 5.32 Å². The lowest BCUT2D eigenvalue weighted by atomic mass is 10.0. The second-order valence-electron chi connectivity index (χ2n) is 5.22. The van der Waals surface area contributed by atoms with E-state index in [0.29, 0.717) is 18.1 Å². The van der Waals surface area contributed by atoms with Crippen molar-refractivity contribution < 1.29 is 4.74 Å². The predicted octanol–water partition coefficient (Wildman–Crippen LogP) is 2.36. The van der Waals surface area contributed by atoms with Crippen LogP contribution in [0.1, 0.15) is 49.5 Å². The van der Waals surface area contributed by atoms with Gasteiger partial charge in [0.2, 0.25) is 0 Å². The highest BCUT2D eigenvalue weighted by Crippen LogP contribution is 2.32. The first kappa shape index (κ1) is 13.9. The number of hydrogen-bond donors (Lipinski definition) is 1. The SMILES string of the molecule is CC(C)NCCCc1nnc(C2CCOC2C)s1. The zero-order valence-corrected chi connectivity index (χ0v) is 12.3. The van der Waals surface area contributed by atoms with Crippen LogP contribution in [0.5, 0.6) is 0 Å². The van der Waals surface area contributed by atoms with Gasteiger partial charge in [-0.3, -0.25) is 0 Å². The van der Waals surface area contributed by atoms with Gasteiger partial charge in [-0.2, -0.15) is 0 Å². The quantitative estimate of drug-likeness (QED) is 0.805. The number of aryl methyl sites for hydroxylation is 1. The molecule has 4 nitrogen and oxygen atoms in total. The third-order valence-electron chi connectivity index (χ3n) is 3.30. The van der Waals surface area contributed by atoms with Crippen LogP contribution in [-0.4, -0.2) is 35.5 Å². The van der Waals surface area contributed by atoms with Gasteiger partial charge in [-0.25, -0.2) is 0 Å². The van der Waals surface area contributed by atoms with Gasteiger partial charge in [0.25, 0.3) is 0 Å². The molecule has 0 aromatic carbocycles. The maximum absolute atomic E-state index is 5.58. The topological polar surface area (TPSA) is 47.0 Å². The Morgan fingerprint density at radius 3 is 2.94 bits per heavy atom. The first-order valence-corrected chi connectivity index (χ1v) is 7.65. The molecule has 2 unspecified atom stereocenters. The van der Waals surface area contributed by atoms with Gasteiger partial charge in [0.15, 0.2) is 0 Å². The molecule has 0 spiro atoms. The molecule has 2 atom stereocenters. The Bertz CT molecular complexity index is 367. The molecule has 1 fully saturated rings. The molecule has 1 aliphatic heterocycles. The van der Waals surface area contributed by atoms with Gasteiger partial charge in [0, 0.05) is 25.0 Å². The number of ether oxygens (including phenoxy) is 1. The number of rotatable bonds is 6. The Kier molecular flexibility index (Phi) is 5.09. The molecule has 0 aliphatic carbocycles. The number of hydrogen-bond acceptors (Lipinski definition) is 5. The van der Waals surface area contributed by atoms with E-state index >= 15 is 0 Å². The third-order valence-corrected chi connectivity index (χ3v) is 4.41. The third kappa shape index (κ3) is 3.73. The van der Waals surface area contributed by atoms with Crippen LogP contribution >= 0.6 is 11.3 Å². The molecule has 1 aliphatic rings. The fraction of sp³-hybridized carbons (Fsp3) is 0.846. The van der Waals surface area contributed by atoms with Crippen molar-refractivity contribution >= 4 is 11.3 Å². The maximum atomic E-state index is 5.58. The molecule has 5 heteroatoms. The van der Waals surface area contributed by atoms with Gasteiger partial charge >= 0.3 is 0 Å². The van der Waals surface area contributed by atoms with E-state index in [1.807, 2.05) is 0 Å². The normalized spacial score (nSPS) is 24.0. The lowest BCUT2D eigenvalue weighted by Crippen LogP contribution is -2.23. The first-order valence-electron chi connectivity index (χ1n) is 6.84. The second-order valence-corrected chi connectivity index (χ2v) is 6.31. The van der Waals surface area contributed by atoms with Crippen LogP contribution in [-0.2, 0) is 11.2 Å². The van der Waals surface area contributed by atoms with Gasteiger partial charge < -0.3 is 10.1 Å². The molecule has 1 N–H and O–H groups in total. The minimum Gasteiger partial charge on any atom is -0.378 e. The molecule has 0 bridgehead atoms. The Morgan fingerprint density at radius 1 is 1.44 bits per heavy atom. The molecule has 0 saturated carbocycles. The van der Waals surface area contributed by atoms with E-state index in [4.69, 9.17) is 4.74 Å². The monoisotopic (exact) mass is 269 g/mol. The summed E-state index contributed by atoms with van der Waals surface area (Å²) in [6.07, 6.45) is 3.54. The summed E-state index contributed by atoms with van der Waals surface area (Å²) in [5.41, 5.74) is 0. The molecule has 1 aromatic rings. The van der Waals surface area contributed by atoms with E-state index < -0.39 is 0 Å². The summed E-state index contributed by atoms with van der Waals surface area (Å²) in [6.45, 7) is 8.38. The molecule has 0 amide bonds. The van der Waals surface area contributed by atoms with Crippen molar-refractivity contribution in [3.8, 4) is 0 Å². The Balaban J connectivity index is 1.79. The fourth-order valence-electron chi connectivity index (χ4n) is 2.20. The largest absolute Gasteiger partial charge is 0.378 e. The standard InChI is InChI=1S/C13H23N3OS/c1-9(2)14-7-4-5-12-15-16-13(18-12)11-6-8-17-10(11)3/h9-11,14H,4-8H2,1-3H3. The molecule has 1 saturated heterocycles. The highest BCUT2D eigenvalue weighted by Gasteiger charge is 2.28. The van der Waals surface area contributed by atoms with Crippen molar-refractivity contribution in [2.45, 2.75) is 58.1 Å². The molecule has 2 heterocycles. The molecule has 18 heavy (non-hydrogen) atoms. The molecular formula is C13H23N3OS. The van der Waals surface area contributed by atoms with Crippen LogP contribution in [0.3, 0.4) is 0 Å². The molecule has 0 radical (unpaired) electrons. The van der Waals surface area contributed by atoms with E-state index in [1.165, 1.54) is 0 Å². The molecule has 1 aromatic heterocycles. The number of nitrogens with zero attached hydrogens (tertiary/aromatic N) is 2. The zero-order chi connectivity index (χ0) is 13.0. The number of aromatic nitrogens is 2. The van der Waals surface area contributed by atoms with Crippen molar-refractivity contribution in [1.29, 1.82) is 0 Å². The highest BCUT2D eigenvalue weighted by atomic mass is 32.1. The summed E-state index contributed by atoms with van der Waals surface area (Å²) in [7, 11) is 0. The fourth-order valence-corrected chi connectivity index (χ4v) is 3.32. The molecule has 102 valence electrons. The second kappa shape index (κ2) is 6.59. The van der Waals surface area contributed by atoms with Crippen LogP contribution in [0.15, 0.2) is 0 Å². The Morgan fingerprint density at radius 2 is 2.28 bits per heavy atom. The molecular weight excluding hydrogens is 246 g/mol. The summed E-state index contributed by atoms with van der Waals surface area (Å²) < 4.78 is 5.58. The van der Waals surface area contributed by atoms with Crippen molar-refractivity contribution in [2.24, 2.45) is 0 Å². The van der Waals surface area contributed by atoms with Gasteiger partial charge in [-0.15, -0.1) is 21.5 Å². The summed E-state index contributed by atoms with van der Waals surface area (Å²) in [6, 6.07) is 0.562. The van der Waals surface area contributed by atoms with E-state index in [9.17, 15) is 0 Å². The van der Waals surface area contributed by atoms with E-state index in [0.717, 1.165) is 42.4 Å². The van der Waals surface area contributed by atoms with Crippen molar-refractivity contribution in [3.63, 3.8) is 0 Å². The molecule has 2 rings (SSSR count). The Hall–Kier alpha value is -0.520. The lowest BCUT2D eigenvalue weighted by molar-refractivity contribution is 0.118. The van der Waals surface area contributed by atoms with Crippen LogP contribution in [0.2, 0.25) is 0 Å². The van der Waals surface area contributed by atoms with Crippen molar-refractivity contribution in [2.75, 3.05) is 13.2 Å². The van der Waals surface area contributed by atoms with E-state index in [-0.39, 0.29) is 0 Å². The van der Waals surface area contributed by atoms with Gasteiger partial charge in [-0.05, 0) is 26.3 Å². The summed E-state index contributed by atoms with van der Waals surface area (Å²) >= 11 is 1.76. The van der Waals surface area contributed by atoms with Gasteiger partial charge in [0.1, 0.15) is 10.0 Å². The minimum absolute atomic E-state index is 0.299. The highest BCUT2D eigenvalue weighted by molar-refractivity contribution is 7.11. The van der Waals surface area contributed by atoms with Crippen molar-refractivity contribution in [1.82, 2.24) is 15.5 Å².